The van der Waals surface area contributed by atoms with Crippen molar-refractivity contribution in [3.63, 3.8) is 0 Å². The van der Waals surface area contributed by atoms with Gasteiger partial charge in [0, 0.05) is 28.7 Å². The first-order valence-corrected chi connectivity index (χ1v) is 9.37. The lowest BCUT2D eigenvalue weighted by atomic mass is 10.2. The number of aromatic nitrogens is 1. The first-order chi connectivity index (χ1) is 13.9. The van der Waals surface area contributed by atoms with Crippen LogP contribution >= 0.6 is 12.2 Å². The molecule has 2 N–H and O–H groups in total. The molecule has 0 atom stereocenters. The van der Waals surface area contributed by atoms with E-state index in [0.29, 0.717) is 5.69 Å². The summed E-state index contributed by atoms with van der Waals surface area (Å²) in [6.45, 7) is 6.13. The van der Waals surface area contributed by atoms with Crippen molar-refractivity contribution in [1.29, 1.82) is 0 Å². The maximum Gasteiger partial charge on any atom is 0.292 e. The van der Waals surface area contributed by atoms with Crippen LogP contribution in [0.2, 0.25) is 0 Å². The molecule has 0 saturated heterocycles. The fraction of sp³-hybridized carbons (Fsp3) is 0.143. The second-order valence-corrected chi connectivity index (χ2v) is 7.00. The number of para-hydroxylation sites is 2. The molecular weight excluding hydrogens is 386 g/mol. The van der Waals surface area contributed by atoms with Gasteiger partial charge in [-0.1, -0.05) is 29.8 Å². The first kappa shape index (κ1) is 20.2. The zero-order valence-corrected chi connectivity index (χ0v) is 17.2. The van der Waals surface area contributed by atoms with Crippen molar-refractivity contribution in [2.24, 2.45) is 5.10 Å². The third-order valence-corrected chi connectivity index (χ3v) is 4.67. The van der Waals surface area contributed by atoms with Gasteiger partial charge in [-0.2, -0.15) is 5.10 Å². The van der Waals surface area contributed by atoms with E-state index in [4.69, 9.17) is 12.2 Å². The number of hydrogen-bond donors (Lipinski definition) is 2. The van der Waals surface area contributed by atoms with Crippen molar-refractivity contribution in [2.75, 3.05) is 5.32 Å². The van der Waals surface area contributed by atoms with Gasteiger partial charge in [-0.25, -0.2) is 0 Å². The minimum Gasteiger partial charge on any atom is -0.326 e. The van der Waals surface area contributed by atoms with Gasteiger partial charge in [-0.05, 0) is 57.3 Å². The Bertz CT molecular complexity index is 1090. The lowest BCUT2D eigenvalue weighted by molar-refractivity contribution is -0.383. The normalized spacial score (nSPS) is 10.9. The third-order valence-electron chi connectivity index (χ3n) is 4.48. The van der Waals surface area contributed by atoms with Gasteiger partial charge in [-0.3, -0.25) is 15.5 Å². The molecule has 3 aromatic rings. The Morgan fingerprint density at radius 1 is 1.14 bits per heavy atom. The smallest absolute Gasteiger partial charge is 0.292 e. The number of thiocarbonyl (C=S) groups is 1. The van der Waals surface area contributed by atoms with Gasteiger partial charge >= 0.3 is 0 Å². The van der Waals surface area contributed by atoms with Gasteiger partial charge in [0.25, 0.3) is 5.69 Å². The Balaban J connectivity index is 1.71. The summed E-state index contributed by atoms with van der Waals surface area (Å²) in [5.41, 5.74) is 8.35. The molecular formula is C21H21N5O2S. The van der Waals surface area contributed by atoms with Gasteiger partial charge in [0.15, 0.2) is 5.11 Å². The predicted octanol–water partition coefficient (Wildman–Crippen LogP) is 4.63. The van der Waals surface area contributed by atoms with Crippen LogP contribution in [0.15, 0.2) is 59.7 Å². The molecule has 0 saturated carbocycles. The average molecular weight is 407 g/mol. The molecule has 0 bridgehead atoms. The summed E-state index contributed by atoms with van der Waals surface area (Å²) in [5, 5.41) is 18.2. The summed E-state index contributed by atoms with van der Waals surface area (Å²) in [7, 11) is 0. The highest BCUT2D eigenvalue weighted by Gasteiger charge is 2.13. The Kier molecular flexibility index (Phi) is 6.04. The molecule has 0 fully saturated rings. The molecule has 1 aromatic heterocycles. The minimum absolute atomic E-state index is 0.0535. The van der Waals surface area contributed by atoms with E-state index in [1.54, 1.807) is 24.4 Å². The molecule has 8 heteroatoms. The van der Waals surface area contributed by atoms with Crippen molar-refractivity contribution in [2.45, 2.75) is 20.8 Å². The third kappa shape index (κ3) is 4.67. The number of benzene rings is 2. The number of nitrogens with one attached hydrogen (secondary N) is 2. The fourth-order valence-electron chi connectivity index (χ4n) is 3.06. The Hall–Kier alpha value is -3.52. The van der Waals surface area contributed by atoms with Crippen molar-refractivity contribution < 1.29 is 4.92 Å². The van der Waals surface area contributed by atoms with E-state index >= 15 is 0 Å². The van der Waals surface area contributed by atoms with E-state index in [0.717, 1.165) is 22.6 Å². The molecule has 7 nitrogen and oxygen atoms in total. The van der Waals surface area contributed by atoms with Gasteiger partial charge < -0.3 is 9.88 Å². The number of hydrogen-bond acceptors (Lipinski definition) is 4. The van der Waals surface area contributed by atoms with Crippen molar-refractivity contribution in [3.05, 3.63) is 87.2 Å². The number of nitro groups is 1. The molecule has 0 aliphatic heterocycles. The quantitative estimate of drug-likeness (QED) is 0.279. The van der Waals surface area contributed by atoms with Crippen LogP contribution in [0.3, 0.4) is 0 Å². The van der Waals surface area contributed by atoms with E-state index in [9.17, 15) is 10.1 Å². The maximum atomic E-state index is 11.1. The second kappa shape index (κ2) is 8.66. The highest BCUT2D eigenvalue weighted by Crippen LogP contribution is 2.23. The number of anilines is 1. The van der Waals surface area contributed by atoms with E-state index in [1.807, 2.05) is 19.9 Å². The fourth-order valence-corrected chi connectivity index (χ4v) is 3.22. The van der Waals surface area contributed by atoms with Crippen LogP contribution < -0.4 is 10.7 Å². The molecule has 0 radical (unpaired) electrons. The van der Waals surface area contributed by atoms with Crippen LogP contribution in [0.25, 0.3) is 5.69 Å². The molecule has 0 amide bonds. The minimum atomic E-state index is -0.464. The molecule has 0 spiro atoms. The summed E-state index contributed by atoms with van der Waals surface area (Å²) < 4.78 is 2.16. The monoisotopic (exact) mass is 407 g/mol. The predicted molar refractivity (Wildman–Crippen MR) is 120 cm³/mol. The van der Waals surface area contributed by atoms with Crippen molar-refractivity contribution in [1.82, 2.24) is 9.99 Å². The van der Waals surface area contributed by atoms with Gasteiger partial charge in [0.1, 0.15) is 5.69 Å². The molecule has 1 heterocycles. The summed E-state index contributed by atoms with van der Waals surface area (Å²) >= 11 is 5.19. The molecule has 0 aliphatic rings. The molecule has 29 heavy (non-hydrogen) atoms. The highest BCUT2D eigenvalue weighted by atomic mass is 32.1. The number of nitro benzene ring substituents is 1. The zero-order chi connectivity index (χ0) is 21.0. The van der Waals surface area contributed by atoms with E-state index < -0.39 is 4.92 Å². The van der Waals surface area contributed by atoms with Gasteiger partial charge in [-0.15, -0.1) is 0 Å². The topological polar surface area (TPSA) is 84.5 Å². The Morgan fingerprint density at radius 2 is 1.83 bits per heavy atom. The lowest BCUT2D eigenvalue weighted by Gasteiger charge is -2.10. The summed E-state index contributed by atoms with van der Waals surface area (Å²) in [6.07, 6.45) is 1.68. The highest BCUT2D eigenvalue weighted by molar-refractivity contribution is 7.80. The largest absolute Gasteiger partial charge is 0.326 e. The van der Waals surface area contributed by atoms with Crippen LogP contribution in [0, 0.1) is 30.9 Å². The van der Waals surface area contributed by atoms with E-state index in [1.165, 1.54) is 11.6 Å². The van der Waals surface area contributed by atoms with Crippen LogP contribution in [-0.4, -0.2) is 20.8 Å². The van der Waals surface area contributed by atoms with E-state index in [2.05, 4.69) is 51.6 Å². The SMILES string of the molecule is Cc1ccc(-n2c(C)cc(/C=N\NC(=S)Nc3ccccc3[N+](=O)[O-])c2C)cc1. The van der Waals surface area contributed by atoms with Gasteiger partial charge in [0.2, 0.25) is 0 Å². The molecule has 2 aromatic carbocycles. The first-order valence-electron chi connectivity index (χ1n) is 8.96. The number of aryl methyl sites for hydroxylation is 2. The molecule has 148 valence electrons. The summed E-state index contributed by atoms with van der Waals surface area (Å²) in [5.74, 6) is 0. The van der Waals surface area contributed by atoms with Gasteiger partial charge in [0.05, 0.1) is 11.1 Å². The number of nitrogens with zero attached hydrogens (tertiary/aromatic N) is 3. The molecule has 0 unspecified atom stereocenters. The zero-order valence-electron chi connectivity index (χ0n) is 16.3. The number of rotatable bonds is 5. The van der Waals surface area contributed by atoms with Crippen LogP contribution in [0.1, 0.15) is 22.5 Å². The van der Waals surface area contributed by atoms with Crippen molar-refractivity contribution >= 4 is 34.9 Å². The Morgan fingerprint density at radius 3 is 2.52 bits per heavy atom. The summed E-state index contributed by atoms with van der Waals surface area (Å²) in [4.78, 5) is 10.6. The Labute approximate surface area is 174 Å². The van der Waals surface area contributed by atoms with Crippen LogP contribution in [0.4, 0.5) is 11.4 Å². The molecule has 3 rings (SSSR count). The number of hydrazone groups is 1. The summed E-state index contributed by atoms with van der Waals surface area (Å²) in [6, 6.07) is 16.7. The van der Waals surface area contributed by atoms with Crippen LogP contribution in [-0.2, 0) is 0 Å². The molecule has 0 aliphatic carbocycles. The van der Waals surface area contributed by atoms with Crippen LogP contribution in [0.5, 0.6) is 0 Å². The van der Waals surface area contributed by atoms with Crippen molar-refractivity contribution in [3.8, 4) is 5.69 Å². The lowest BCUT2D eigenvalue weighted by Crippen LogP contribution is -2.24. The second-order valence-electron chi connectivity index (χ2n) is 6.60. The maximum absolute atomic E-state index is 11.1. The average Bonchev–Trinajstić information content (AvgIpc) is 2.96. The standard InChI is InChI=1S/C21H21N5O2S/c1-14-8-10-18(11-9-14)25-15(2)12-17(16(25)3)13-22-24-21(29)23-19-6-4-5-7-20(19)26(27)28/h4-13H,1-3H3,(H2,23,24,29)/b22-13-. The van der Waals surface area contributed by atoms with E-state index in [-0.39, 0.29) is 10.8 Å².